The van der Waals surface area contributed by atoms with Crippen LogP contribution >= 0.6 is 15.9 Å². The summed E-state index contributed by atoms with van der Waals surface area (Å²) < 4.78 is 5.82. The van der Waals surface area contributed by atoms with Crippen molar-refractivity contribution in [3.63, 3.8) is 0 Å². The molecular weight excluding hydrogens is 259 g/mol. The van der Waals surface area contributed by atoms with E-state index in [-0.39, 0.29) is 0 Å². The Hall–Kier alpha value is -1.04. The molecule has 3 nitrogen and oxygen atoms in total. The zero-order valence-electron chi connectivity index (χ0n) is 7.72. The smallest absolute Gasteiger partial charge is 0.512 e. The molecule has 0 fully saturated rings. The average molecular weight is 267 g/mol. The molecule has 0 radical (unpaired) electrons. The van der Waals surface area contributed by atoms with Crippen LogP contribution in [0.4, 0.5) is 0 Å². The Bertz CT molecular complexity index is 487. The van der Waals surface area contributed by atoms with Gasteiger partial charge in [-0.1, -0.05) is 40.2 Å². The third-order valence-corrected chi connectivity index (χ3v) is 2.75. The van der Waals surface area contributed by atoms with Crippen LogP contribution in [-0.2, 0) is 0 Å². The standard InChI is InChI=1S/C10H8BBrO3/c12-9-5-6-10(15-11(13)14)8-4-2-1-3-7(8)9/h1-6,13-14H. The number of hydrogen-bond donors (Lipinski definition) is 2. The van der Waals surface area contributed by atoms with Gasteiger partial charge in [-0.05, 0) is 17.5 Å². The zero-order chi connectivity index (χ0) is 10.8. The first-order valence-electron chi connectivity index (χ1n) is 4.38. The molecule has 0 unspecified atom stereocenters. The fourth-order valence-electron chi connectivity index (χ4n) is 1.45. The Morgan fingerprint density at radius 3 is 2.33 bits per heavy atom. The van der Waals surface area contributed by atoms with Crippen LogP contribution in [0.3, 0.4) is 0 Å². The van der Waals surface area contributed by atoms with E-state index in [4.69, 9.17) is 14.7 Å². The molecule has 2 rings (SSSR count). The van der Waals surface area contributed by atoms with E-state index in [1.54, 1.807) is 12.1 Å². The van der Waals surface area contributed by atoms with Crippen molar-refractivity contribution < 1.29 is 14.7 Å². The summed E-state index contributed by atoms with van der Waals surface area (Å²) in [7, 11) is -1.80. The van der Waals surface area contributed by atoms with Gasteiger partial charge in [-0.2, -0.15) is 0 Å². The molecule has 0 aliphatic heterocycles. The van der Waals surface area contributed by atoms with E-state index in [9.17, 15) is 0 Å². The topological polar surface area (TPSA) is 49.7 Å². The molecule has 0 amide bonds. The van der Waals surface area contributed by atoms with Gasteiger partial charge < -0.3 is 14.7 Å². The van der Waals surface area contributed by atoms with Crippen molar-refractivity contribution >= 4 is 34.0 Å². The van der Waals surface area contributed by atoms with E-state index in [1.807, 2.05) is 24.3 Å². The highest BCUT2D eigenvalue weighted by atomic mass is 79.9. The van der Waals surface area contributed by atoms with Crippen LogP contribution in [0, 0.1) is 0 Å². The van der Waals surface area contributed by atoms with Gasteiger partial charge in [-0.15, -0.1) is 0 Å². The predicted molar refractivity (Wildman–Crippen MR) is 62.5 cm³/mol. The first-order valence-corrected chi connectivity index (χ1v) is 5.18. The molecule has 0 saturated heterocycles. The zero-order valence-corrected chi connectivity index (χ0v) is 9.31. The van der Waals surface area contributed by atoms with Crippen molar-refractivity contribution in [3.8, 4) is 5.75 Å². The van der Waals surface area contributed by atoms with Crippen molar-refractivity contribution in [2.45, 2.75) is 0 Å². The molecule has 0 aromatic heterocycles. The van der Waals surface area contributed by atoms with Crippen molar-refractivity contribution in [1.82, 2.24) is 0 Å². The Morgan fingerprint density at radius 1 is 1.00 bits per heavy atom. The Kier molecular flexibility index (Phi) is 2.95. The van der Waals surface area contributed by atoms with Crippen molar-refractivity contribution in [1.29, 1.82) is 0 Å². The normalized spacial score (nSPS) is 10.3. The third-order valence-electron chi connectivity index (χ3n) is 2.06. The molecule has 0 bridgehead atoms. The van der Waals surface area contributed by atoms with Gasteiger partial charge in [-0.25, -0.2) is 0 Å². The van der Waals surface area contributed by atoms with Gasteiger partial charge in [0.25, 0.3) is 0 Å². The number of rotatable bonds is 2. The second-order valence-corrected chi connectivity index (χ2v) is 3.89. The minimum Gasteiger partial charge on any atom is -0.512 e. The Balaban J connectivity index is 2.61. The third kappa shape index (κ3) is 2.14. The van der Waals surface area contributed by atoms with Crippen molar-refractivity contribution in [3.05, 3.63) is 40.9 Å². The van der Waals surface area contributed by atoms with Gasteiger partial charge >= 0.3 is 7.32 Å². The maximum atomic E-state index is 8.76. The molecule has 5 heteroatoms. The van der Waals surface area contributed by atoms with Gasteiger partial charge in [-0.3, -0.25) is 0 Å². The maximum absolute atomic E-state index is 8.76. The molecule has 76 valence electrons. The summed E-state index contributed by atoms with van der Waals surface area (Å²) in [6.07, 6.45) is 0. The molecule has 0 saturated carbocycles. The molecule has 15 heavy (non-hydrogen) atoms. The molecule has 2 aromatic rings. The molecule has 2 aromatic carbocycles. The van der Waals surface area contributed by atoms with Gasteiger partial charge in [0.15, 0.2) is 0 Å². The van der Waals surface area contributed by atoms with Gasteiger partial charge in [0, 0.05) is 9.86 Å². The van der Waals surface area contributed by atoms with E-state index in [0.29, 0.717) is 5.75 Å². The number of hydrogen-bond acceptors (Lipinski definition) is 3. The highest BCUT2D eigenvalue weighted by Gasteiger charge is 2.13. The van der Waals surface area contributed by atoms with Crippen LogP contribution < -0.4 is 4.65 Å². The van der Waals surface area contributed by atoms with Gasteiger partial charge in [0.05, 0.1) is 0 Å². The summed E-state index contributed by atoms with van der Waals surface area (Å²) in [6, 6.07) is 11.1. The molecule has 0 aliphatic carbocycles. The van der Waals surface area contributed by atoms with Gasteiger partial charge in [0.1, 0.15) is 5.75 Å². The first-order chi connectivity index (χ1) is 7.18. The van der Waals surface area contributed by atoms with Crippen LogP contribution in [-0.4, -0.2) is 17.4 Å². The van der Waals surface area contributed by atoms with Crippen LogP contribution in [0.2, 0.25) is 0 Å². The van der Waals surface area contributed by atoms with E-state index in [1.165, 1.54) is 0 Å². The average Bonchev–Trinajstić information content (AvgIpc) is 2.22. The molecule has 0 aliphatic rings. The lowest BCUT2D eigenvalue weighted by molar-refractivity contribution is 0.289. The summed E-state index contributed by atoms with van der Waals surface area (Å²) in [5.74, 6) is 0.448. The summed E-state index contributed by atoms with van der Waals surface area (Å²) in [6.45, 7) is 0. The molecule has 0 spiro atoms. The van der Waals surface area contributed by atoms with Crippen molar-refractivity contribution in [2.75, 3.05) is 0 Å². The summed E-state index contributed by atoms with van der Waals surface area (Å²) in [4.78, 5) is 0. The van der Waals surface area contributed by atoms with E-state index in [2.05, 4.69) is 15.9 Å². The van der Waals surface area contributed by atoms with Crippen LogP contribution in [0.1, 0.15) is 0 Å². The largest absolute Gasteiger partial charge is 0.707 e. The summed E-state index contributed by atoms with van der Waals surface area (Å²) >= 11 is 3.42. The lowest BCUT2D eigenvalue weighted by Crippen LogP contribution is -2.20. The summed E-state index contributed by atoms with van der Waals surface area (Å²) in [5, 5.41) is 19.3. The number of fused-ring (bicyclic) bond motifs is 1. The number of benzene rings is 2. The fraction of sp³-hybridized carbons (Fsp3) is 0. The highest BCUT2D eigenvalue weighted by Crippen LogP contribution is 2.31. The van der Waals surface area contributed by atoms with Gasteiger partial charge in [0.2, 0.25) is 0 Å². The fourth-order valence-corrected chi connectivity index (χ4v) is 1.93. The van der Waals surface area contributed by atoms with Crippen LogP contribution in [0.5, 0.6) is 5.75 Å². The second kappa shape index (κ2) is 4.22. The highest BCUT2D eigenvalue weighted by molar-refractivity contribution is 9.10. The lowest BCUT2D eigenvalue weighted by atomic mass is 10.1. The first kappa shape index (κ1) is 10.5. The van der Waals surface area contributed by atoms with E-state index >= 15 is 0 Å². The minimum atomic E-state index is -1.80. The summed E-state index contributed by atoms with van der Waals surface area (Å²) in [5.41, 5.74) is 0. The molecule has 0 atom stereocenters. The predicted octanol–water partition coefficient (Wildman–Crippen LogP) is 1.95. The van der Waals surface area contributed by atoms with Crippen molar-refractivity contribution in [2.24, 2.45) is 0 Å². The van der Waals surface area contributed by atoms with Crippen LogP contribution in [0.15, 0.2) is 40.9 Å². The molecule has 0 heterocycles. The van der Waals surface area contributed by atoms with Crippen LogP contribution in [0.25, 0.3) is 10.8 Å². The Labute approximate surface area is 95.6 Å². The molecule has 2 N–H and O–H groups in total. The van der Waals surface area contributed by atoms with E-state index in [0.717, 1.165) is 15.2 Å². The lowest BCUT2D eigenvalue weighted by Gasteiger charge is -2.09. The maximum Gasteiger partial charge on any atom is 0.707 e. The molecular formula is C10H8BBrO3. The Morgan fingerprint density at radius 2 is 1.67 bits per heavy atom. The number of halogens is 1. The van der Waals surface area contributed by atoms with E-state index < -0.39 is 7.32 Å². The second-order valence-electron chi connectivity index (χ2n) is 3.04. The monoisotopic (exact) mass is 266 g/mol. The minimum absolute atomic E-state index is 0.448. The quantitative estimate of drug-likeness (QED) is 0.817. The SMILES string of the molecule is OB(O)Oc1ccc(Br)c2ccccc12.